The van der Waals surface area contributed by atoms with Crippen molar-refractivity contribution in [2.75, 3.05) is 38.7 Å². The van der Waals surface area contributed by atoms with Gasteiger partial charge in [0.15, 0.2) is 12.7 Å². The molecule has 2 amide bonds. The molecule has 0 aliphatic carbocycles. The van der Waals surface area contributed by atoms with Crippen LogP contribution < -0.4 is 19.7 Å². The van der Waals surface area contributed by atoms with Gasteiger partial charge in [-0.15, -0.1) is 0 Å². The molecule has 0 spiro atoms. The Balaban J connectivity index is 1.42. The molecule has 1 aliphatic rings. The predicted octanol–water partition coefficient (Wildman–Crippen LogP) is 2.78. The highest BCUT2D eigenvalue weighted by Gasteiger charge is 2.34. The summed E-state index contributed by atoms with van der Waals surface area (Å²) in [7, 11) is -0.658. The number of benzene rings is 3. The number of hydrogen-bond donors (Lipinski definition) is 1. The molecular formula is C28H31N3O6S. The second kappa shape index (κ2) is 11.7. The number of nitrogens with zero attached hydrogens (tertiary/aromatic N) is 2. The van der Waals surface area contributed by atoms with Gasteiger partial charge in [-0.3, -0.25) is 9.59 Å². The first-order valence-corrected chi connectivity index (χ1v) is 13.6. The Labute approximate surface area is 223 Å². The first-order chi connectivity index (χ1) is 18.2. The topological polar surface area (TPSA) is 105 Å². The first kappa shape index (κ1) is 27.2. The zero-order valence-electron chi connectivity index (χ0n) is 21.6. The van der Waals surface area contributed by atoms with Crippen molar-refractivity contribution in [1.82, 2.24) is 9.62 Å². The van der Waals surface area contributed by atoms with Crippen LogP contribution in [0.4, 0.5) is 5.69 Å². The van der Waals surface area contributed by atoms with E-state index in [0.717, 1.165) is 9.87 Å². The lowest BCUT2D eigenvalue weighted by Crippen LogP contribution is -2.52. The maximum absolute atomic E-state index is 13.2. The minimum Gasteiger partial charge on any atom is -0.483 e. The van der Waals surface area contributed by atoms with Crippen LogP contribution in [0, 0.1) is 6.92 Å². The van der Waals surface area contributed by atoms with E-state index >= 15 is 0 Å². The number of carbonyl (C=O) groups is 2. The van der Waals surface area contributed by atoms with Gasteiger partial charge in [0, 0.05) is 20.6 Å². The van der Waals surface area contributed by atoms with Crippen molar-refractivity contribution in [3.8, 4) is 11.5 Å². The van der Waals surface area contributed by atoms with E-state index in [0.29, 0.717) is 35.7 Å². The molecule has 3 aromatic rings. The molecule has 3 aromatic carbocycles. The van der Waals surface area contributed by atoms with Gasteiger partial charge in [0.2, 0.25) is 10.0 Å². The van der Waals surface area contributed by atoms with Gasteiger partial charge in [-0.1, -0.05) is 42.5 Å². The Kier molecular flexibility index (Phi) is 8.33. The third-order valence-electron chi connectivity index (χ3n) is 6.20. The van der Waals surface area contributed by atoms with Crippen LogP contribution in [0.2, 0.25) is 0 Å². The van der Waals surface area contributed by atoms with E-state index in [1.54, 1.807) is 31.2 Å². The summed E-state index contributed by atoms with van der Waals surface area (Å²) < 4.78 is 37.6. The molecule has 1 atom stereocenters. The maximum atomic E-state index is 13.2. The summed E-state index contributed by atoms with van der Waals surface area (Å²) >= 11 is 0. The monoisotopic (exact) mass is 537 g/mol. The predicted molar refractivity (Wildman–Crippen MR) is 144 cm³/mol. The average molecular weight is 538 g/mol. The van der Waals surface area contributed by atoms with Crippen LogP contribution in [0.25, 0.3) is 0 Å². The normalized spacial score (nSPS) is 14.9. The van der Waals surface area contributed by atoms with E-state index in [4.69, 9.17) is 9.47 Å². The smallest absolute Gasteiger partial charge is 0.265 e. The van der Waals surface area contributed by atoms with E-state index in [2.05, 4.69) is 5.32 Å². The lowest BCUT2D eigenvalue weighted by molar-refractivity contribution is -0.128. The molecule has 4 rings (SSSR count). The number of aryl methyl sites for hydroxylation is 1. The van der Waals surface area contributed by atoms with E-state index in [1.165, 1.54) is 37.2 Å². The molecule has 38 heavy (non-hydrogen) atoms. The highest BCUT2D eigenvalue weighted by molar-refractivity contribution is 7.89. The summed E-state index contributed by atoms with van der Waals surface area (Å²) in [5.41, 5.74) is 2.25. The number of para-hydroxylation sites is 2. The van der Waals surface area contributed by atoms with Gasteiger partial charge in [0.05, 0.1) is 17.1 Å². The van der Waals surface area contributed by atoms with Gasteiger partial charge < -0.3 is 19.7 Å². The van der Waals surface area contributed by atoms with Crippen molar-refractivity contribution in [3.05, 3.63) is 83.9 Å². The minimum absolute atomic E-state index is 0.0371. The van der Waals surface area contributed by atoms with Gasteiger partial charge in [-0.05, 0) is 54.8 Å². The molecule has 0 fully saturated rings. The van der Waals surface area contributed by atoms with E-state index < -0.39 is 16.1 Å². The van der Waals surface area contributed by atoms with Gasteiger partial charge in [-0.2, -0.15) is 0 Å². The number of hydrogen-bond acceptors (Lipinski definition) is 6. The molecule has 0 radical (unpaired) electrons. The van der Waals surface area contributed by atoms with Crippen molar-refractivity contribution < 1.29 is 27.5 Å². The summed E-state index contributed by atoms with van der Waals surface area (Å²) in [4.78, 5) is 27.8. The van der Waals surface area contributed by atoms with Crippen LogP contribution in [0.3, 0.4) is 0 Å². The zero-order valence-corrected chi connectivity index (χ0v) is 22.4. The molecule has 1 N–H and O–H groups in total. The lowest BCUT2D eigenvalue weighted by atomic mass is 10.1. The third kappa shape index (κ3) is 6.15. The van der Waals surface area contributed by atoms with Crippen molar-refractivity contribution in [1.29, 1.82) is 0 Å². The fourth-order valence-electron chi connectivity index (χ4n) is 4.07. The van der Waals surface area contributed by atoms with Gasteiger partial charge in [-0.25, -0.2) is 12.7 Å². The number of ether oxygens (including phenoxy) is 2. The number of sulfonamides is 1. The fourth-order valence-corrected chi connectivity index (χ4v) is 5.06. The van der Waals surface area contributed by atoms with Crippen molar-refractivity contribution in [3.63, 3.8) is 0 Å². The molecule has 10 heteroatoms. The van der Waals surface area contributed by atoms with E-state index in [9.17, 15) is 18.0 Å². The molecule has 0 aromatic heterocycles. The molecule has 1 heterocycles. The number of anilines is 1. The number of rotatable bonds is 9. The number of fused-ring (bicyclic) bond motifs is 1. The van der Waals surface area contributed by atoms with E-state index in [1.807, 2.05) is 30.3 Å². The molecule has 200 valence electrons. The first-order valence-electron chi connectivity index (χ1n) is 12.2. The van der Waals surface area contributed by atoms with Crippen molar-refractivity contribution in [2.45, 2.75) is 24.3 Å². The quantitative estimate of drug-likeness (QED) is 0.450. The van der Waals surface area contributed by atoms with Gasteiger partial charge in [0.25, 0.3) is 11.8 Å². The number of carbonyl (C=O) groups excluding carboxylic acids is 2. The Morgan fingerprint density at radius 2 is 1.76 bits per heavy atom. The fraction of sp³-hybridized carbons (Fsp3) is 0.286. The molecule has 9 nitrogen and oxygen atoms in total. The highest BCUT2D eigenvalue weighted by Crippen LogP contribution is 2.33. The summed E-state index contributed by atoms with van der Waals surface area (Å²) in [6.45, 7) is 1.90. The minimum atomic E-state index is -3.58. The molecule has 1 unspecified atom stereocenters. The second-order valence-corrected chi connectivity index (χ2v) is 11.3. The van der Waals surface area contributed by atoms with Crippen LogP contribution in [0.5, 0.6) is 11.5 Å². The van der Waals surface area contributed by atoms with Gasteiger partial charge >= 0.3 is 0 Å². The van der Waals surface area contributed by atoms with Crippen LogP contribution >= 0.6 is 0 Å². The van der Waals surface area contributed by atoms with Crippen LogP contribution in [-0.2, 0) is 26.0 Å². The number of amides is 2. The highest BCUT2D eigenvalue weighted by atomic mass is 32.2. The third-order valence-corrected chi connectivity index (χ3v) is 8.01. The van der Waals surface area contributed by atoms with Crippen LogP contribution in [0.1, 0.15) is 11.1 Å². The lowest BCUT2D eigenvalue weighted by Gasteiger charge is -2.34. The van der Waals surface area contributed by atoms with Crippen molar-refractivity contribution in [2.24, 2.45) is 0 Å². The number of nitrogens with one attached hydrogen (secondary N) is 1. The van der Waals surface area contributed by atoms with Crippen molar-refractivity contribution >= 4 is 27.5 Å². The van der Waals surface area contributed by atoms with Gasteiger partial charge in [0.1, 0.15) is 11.5 Å². The molecule has 0 saturated carbocycles. The SMILES string of the molecule is Cc1cc(S(=O)(=O)N(C)C)ccc1OCC(=O)N1CC(C(=O)NCCc2ccccc2)Oc2ccccc21. The maximum Gasteiger partial charge on any atom is 0.265 e. The molecular weight excluding hydrogens is 506 g/mol. The van der Waals surface area contributed by atoms with E-state index in [-0.39, 0.29) is 29.9 Å². The summed E-state index contributed by atoms with van der Waals surface area (Å²) in [5, 5.41) is 2.90. The molecule has 0 bridgehead atoms. The summed E-state index contributed by atoms with van der Waals surface area (Å²) in [6, 6.07) is 21.4. The Bertz CT molecular complexity index is 1410. The Hall–Kier alpha value is -3.89. The summed E-state index contributed by atoms with van der Waals surface area (Å²) in [6.07, 6.45) is -0.192. The molecule has 0 saturated heterocycles. The Morgan fingerprint density at radius 1 is 1.05 bits per heavy atom. The van der Waals surface area contributed by atoms with Crippen LogP contribution in [-0.4, -0.2) is 64.4 Å². The van der Waals surface area contributed by atoms with Crippen LogP contribution in [0.15, 0.2) is 77.7 Å². The largest absolute Gasteiger partial charge is 0.483 e. The summed E-state index contributed by atoms with van der Waals surface area (Å²) in [5.74, 6) is 0.174. The standard InChI is InChI=1S/C28H31N3O6S/c1-20-17-22(38(34,35)30(2)3)13-14-24(20)36-19-27(32)31-18-26(37-25-12-8-7-11-23(25)31)28(33)29-16-15-21-9-5-4-6-10-21/h4-14,17,26H,15-16,18-19H2,1-3H3,(H,29,33). The second-order valence-electron chi connectivity index (χ2n) is 9.11. The molecule has 1 aliphatic heterocycles. The average Bonchev–Trinajstić information content (AvgIpc) is 2.92. The Morgan fingerprint density at radius 3 is 2.47 bits per heavy atom. The zero-order chi connectivity index (χ0) is 27.3.